The first-order valence-electron chi connectivity index (χ1n) is 7.45. The summed E-state index contributed by atoms with van der Waals surface area (Å²) in [5.41, 5.74) is 0.958. The lowest BCUT2D eigenvalue weighted by Crippen LogP contribution is -2.27. The minimum atomic E-state index is -0.177. The van der Waals surface area contributed by atoms with Crippen molar-refractivity contribution in [2.75, 3.05) is 6.54 Å². The Balaban J connectivity index is 1.66. The Kier molecular flexibility index (Phi) is 4.14. The molecule has 0 spiro atoms. The van der Waals surface area contributed by atoms with E-state index in [0.717, 1.165) is 24.9 Å². The van der Waals surface area contributed by atoms with Crippen molar-refractivity contribution in [2.45, 2.75) is 56.8 Å². The van der Waals surface area contributed by atoms with E-state index < -0.39 is 0 Å². The maximum Gasteiger partial charge on any atom is 0.123 e. The second-order valence-corrected chi connectivity index (χ2v) is 5.77. The van der Waals surface area contributed by atoms with E-state index in [9.17, 15) is 4.39 Å². The zero-order valence-corrected chi connectivity index (χ0v) is 11.3. The molecule has 1 atom stereocenters. The number of halogens is 1. The maximum absolute atomic E-state index is 13.4. The number of nitrogens with one attached hydrogen (secondary N) is 1. The standard InChI is InChI=1S/C16H22FNO/c17-13-5-3-4-12(10-13)16(11-18-14-8-9-14)19-15-6-1-2-7-15/h3-5,10,14-16,18H,1-2,6-9,11H2. The van der Waals surface area contributed by atoms with E-state index in [4.69, 9.17) is 4.74 Å². The van der Waals surface area contributed by atoms with E-state index >= 15 is 0 Å². The van der Waals surface area contributed by atoms with Crippen LogP contribution in [0.2, 0.25) is 0 Å². The molecule has 0 bridgehead atoms. The molecule has 3 heteroatoms. The monoisotopic (exact) mass is 263 g/mol. The first kappa shape index (κ1) is 13.1. The van der Waals surface area contributed by atoms with E-state index in [0.29, 0.717) is 12.1 Å². The summed E-state index contributed by atoms with van der Waals surface area (Å²) in [6.45, 7) is 0.796. The van der Waals surface area contributed by atoms with E-state index in [1.807, 2.05) is 6.07 Å². The van der Waals surface area contributed by atoms with E-state index in [1.54, 1.807) is 12.1 Å². The molecule has 0 radical (unpaired) electrons. The number of hydrogen-bond donors (Lipinski definition) is 1. The smallest absolute Gasteiger partial charge is 0.123 e. The predicted octanol–water partition coefficient (Wildman–Crippen LogP) is 3.58. The summed E-state index contributed by atoms with van der Waals surface area (Å²) >= 11 is 0. The lowest BCUT2D eigenvalue weighted by molar-refractivity contribution is -0.00906. The van der Waals surface area contributed by atoms with Gasteiger partial charge in [0.2, 0.25) is 0 Å². The highest BCUT2D eigenvalue weighted by Gasteiger charge is 2.25. The molecule has 2 saturated carbocycles. The fraction of sp³-hybridized carbons (Fsp3) is 0.625. The molecule has 1 N–H and O–H groups in total. The third kappa shape index (κ3) is 3.77. The zero-order chi connectivity index (χ0) is 13.1. The van der Waals surface area contributed by atoms with Crippen molar-refractivity contribution >= 4 is 0 Å². The Labute approximate surface area is 114 Å². The zero-order valence-electron chi connectivity index (χ0n) is 11.3. The van der Waals surface area contributed by atoms with Crippen LogP contribution in [0.5, 0.6) is 0 Å². The van der Waals surface area contributed by atoms with Crippen molar-refractivity contribution in [2.24, 2.45) is 0 Å². The summed E-state index contributed by atoms with van der Waals surface area (Å²) in [5, 5.41) is 3.50. The summed E-state index contributed by atoms with van der Waals surface area (Å²) < 4.78 is 19.6. The summed E-state index contributed by atoms with van der Waals surface area (Å²) in [6.07, 6.45) is 7.68. The summed E-state index contributed by atoms with van der Waals surface area (Å²) in [4.78, 5) is 0. The van der Waals surface area contributed by atoms with Crippen molar-refractivity contribution in [1.82, 2.24) is 5.32 Å². The largest absolute Gasteiger partial charge is 0.369 e. The molecule has 1 unspecified atom stereocenters. The highest BCUT2D eigenvalue weighted by molar-refractivity contribution is 5.19. The van der Waals surface area contributed by atoms with Gasteiger partial charge in [-0.25, -0.2) is 4.39 Å². The van der Waals surface area contributed by atoms with Crippen molar-refractivity contribution in [3.05, 3.63) is 35.6 Å². The van der Waals surface area contributed by atoms with Crippen LogP contribution < -0.4 is 5.32 Å². The van der Waals surface area contributed by atoms with E-state index in [-0.39, 0.29) is 11.9 Å². The quantitative estimate of drug-likeness (QED) is 0.847. The van der Waals surface area contributed by atoms with Gasteiger partial charge in [-0.3, -0.25) is 0 Å². The molecule has 1 aromatic carbocycles. The van der Waals surface area contributed by atoms with Crippen LogP contribution in [-0.2, 0) is 4.74 Å². The van der Waals surface area contributed by atoms with Crippen molar-refractivity contribution in [1.29, 1.82) is 0 Å². The number of hydrogen-bond acceptors (Lipinski definition) is 2. The molecule has 0 heterocycles. The fourth-order valence-electron chi connectivity index (χ4n) is 2.77. The van der Waals surface area contributed by atoms with Crippen LogP contribution in [0.1, 0.15) is 50.2 Å². The van der Waals surface area contributed by atoms with Crippen molar-refractivity contribution in [3.8, 4) is 0 Å². The summed E-state index contributed by atoms with van der Waals surface area (Å²) in [5.74, 6) is -0.177. The van der Waals surface area contributed by atoms with Crippen molar-refractivity contribution < 1.29 is 9.13 Å². The Bertz CT molecular complexity index is 413. The Hall–Kier alpha value is -0.930. The Morgan fingerprint density at radius 1 is 1.21 bits per heavy atom. The van der Waals surface area contributed by atoms with Crippen LogP contribution in [0.15, 0.2) is 24.3 Å². The van der Waals surface area contributed by atoms with Crippen LogP contribution in [0.4, 0.5) is 4.39 Å². The molecule has 19 heavy (non-hydrogen) atoms. The van der Waals surface area contributed by atoms with Gasteiger partial charge in [0.15, 0.2) is 0 Å². The minimum Gasteiger partial charge on any atom is -0.369 e. The van der Waals surface area contributed by atoms with Gasteiger partial charge < -0.3 is 10.1 Å². The first-order valence-corrected chi connectivity index (χ1v) is 7.45. The fourth-order valence-corrected chi connectivity index (χ4v) is 2.77. The third-order valence-electron chi connectivity index (χ3n) is 4.05. The second-order valence-electron chi connectivity index (χ2n) is 5.77. The van der Waals surface area contributed by atoms with Crippen LogP contribution in [0, 0.1) is 5.82 Å². The van der Waals surface area contributed by atoms with Crippen LogP contribution in [0.25, 0.3) is 0 Å². The van der Waals surface area contributed by atoms with Gasteiger partial charge in [0.05, 0.1) is 12.2 Å². The molecule has 1 aromatic rings. The minimum absolute atomic E-state index is 0.0144. The molecule has 0 aliphatic heterocycles. The topological polar surface area (TPSA) is 21.3 Å². The molecule has 0 saturated heterocycles. The van der Waals surface area contributed by atoms with E-state index in [1.165, 1.54) is 31.7 Å². The van der Waals surface area contributed by atoms with Crippen LogP contribution >= 0.6 is 0 Å². The highest BCUT2D eigenvalue weighted by Crippen LogP contribution is 2.29. The Morgan fingerprint density at radius 2 is 2.00 bits per heavy atom. The lowest BCUT2D eigenvalue weighted by atomic mass is 10.1. The molecule has 2 aliphatic carbocycles. The van der Waals surface area contributed by atoms with Gasteiger partial charge in [-0.1, -0.05) is 25.0 Å². The van der Waals surface area contributed by atoms with Gasteiger partial charge in [-0.05, 0) is 43.4 Å². The average molecular weight is 263 g/mol. The summed E-state index contributed by atoms with van der Waals surface area (Å²) in [7, 11) is 0. The van der Waals surface area contributed by atoms with Gasteiger partial charge in [0, 0.05) is 12.6 Å². The molecule has 2 fully saturated rings. The lowest BCUT2D eigenvalue weighted by Gasteiger charge is -2.23. The molecular weight excluding hydrogens is 241 g/mol. The number of ether oxygens (including phenoxy) is 1. The second kappa shape index (κ2) is 6.02. The molecule has 2 nitrogen and oxygen atoms in total. The molecule has 3 rings (SSSR count). The predicted molar refractivity (Wildman–Crippen MR) is 73.5 cm³/mol. The van der Waals surface area contributed by atoms with Gasteiger partial charge in [-0.2, -0.15) is 0 Å². The SMILES string of the molecule is Fc1cccc(C(CNC2CC2)OC2CCCC2)c1. The number of rotatable bonds is 6. The highest BCUT2D eigenvalue weighted by atomic mass is 19.1. The van der Waals surface area contributed by atoms with Crippen LogP contribution in [0.3, 0.4) is 0 Å². The van der Waals surface area contributed by atoms with Gasteiger partial charge in [0.25, 0.3) is 0 Å². The molecule has 0 amide bonds. The van der Waals surface area contributed by atoms with Gasteiger partial charge in [0.1, 0.15) is 5.82 Å². The van der Waals surface area contributed by atoms with Crippen LogP contribution in [-0.4, -0.2) is 18.7 Å². The number of benzene rings is 1. The summed E-state index contributed by atoms with van der Waals surface area (Å²) in [6, 6.07) is 7.49. The third-order valence-corrected chi connectivity index (χ3v) is 4.05. The average Bonchev–Trinajstić information content (AvgIpc) is 3.10. The molecule has 104 valence electrons. The molecule has 2 aliphatic rings. The Morgan fingerprint density at radius 3 is 2.68 bits per heavy atom. The maximum atomic E-state index is 13.4. The normalized spacial score (nSPS) is 21.7. The van der Waals surface area contributed by atoms with Crippen molar-refractivity contribution in [3.63, 3.8) is 0 Å². The first-order chi connectivity index (χ1) is 9.31. The molecular formula is C16H22FNO. The van der Waals surface area contributed by atoms with E-state index in [2.05, 4.69) is 5.32 Å². The van der Waals surface area contributed by atoms with Gasteiger partial charge in [-0.15, -0.1) is 0 Å². The van der Waals surface area contributed by atoms with Gasteiger partial charge >= 0.3 is 0 Å². The molecule has 0 aromatic heterocycles.